The molecule has 2 heterocycles. The molecule has 0 unspecified atom stereocenters. The molecule has 116 valence electrons. The quantitative estimate of drug-likeness (QED) is 0.776. The standard InChI is InChI=1S/C19H19N3O/c1-13(23)22-11-16-5-6-18(9-17(16)12-22)21-10-15-4-2-3-14-7-8-20-19(14)15/h2-9,20-21H,10-12H2,1H3. The molecule has 4 heteroatoms. The van der Waals surface area contributed by atoms with Crippen molar-refractivity contribution in [3.63, 3.8) is 0 Å². The minimum Gasteiger partial charge on any atom is -0.381 e. The zero-order valence-corrected chi connectivity index (χ0v) is 13.1. The van der Waals surface area contributed by atoms with Gasteiger partial charge in [-0.1, -0.05) is 24.3 Å². The number of H-pyrrole nitrogens is 1. The SMILES string of the molecule is CC(=O)N1Cc2ccc(NCc3cccc4cc[nH]c34)cc2C1. The highest BCUT2D eigenvalue weighted by Crippen LogP contribution is 2.26. The smallest absolute Gasteiger partial charge is 0.220 e. The van der Waals surface area contributed by atoms with Gasteiger partial charge in [0.05, 0.1) is 5.52 Å². The van der Waals surface area contributed by atoms with Crippen LogP contribution in [0, 0.1) is 0 Å². The maximum absolute atomic E-state index is 11.5. The molecule has 2 aromatic carbocycles. The Morgan fingerprint density at radius 2 is 2.04 bits per heavy atom. The van der Waals surface area contributed by atoms with E-state index in [0.29, 0.717) is 6.54 Å². The number of nitrogens with zero attached hydrogens (tertiary/aromatic N) is 1. The van der Waals surface area contributed by atoms with Crippen LogP contribution in [-0.2, 0) is 24.4 Å². The summed E-state index contributed by atoms with van der Waals surface area (Å²) in [4.78, 5) is 16.7. The van der Waals surface area contributed by atoms with Crippen molar-refractivity contribution in [2.45, 2.75) is 26.6 Å². The molecule has 3 aromatic rings. The maximum atomic E-state index is 11.5. The van der Waals surface area contributed by atoms with Crippen LogP contribution in [-0.4, -0.2) is 15.8 Å². The molecular formula is C19H19N3O. The fraction of sp³-hybridized carbons (Fsp3) is 0.211. The van der Waals surface area contributed by atoms with E-state index in [0.717, 1.165) is 18.8 Å². The number of fused-ring (bicyclic) bond motifs is 2. The highest BCUT2D eigenvalue weighted by molar-refractivity contribution is 5.82. The lowest BCUT2D eigenvalue weighted by Crippen LogP contribution is -2.21. The Balaban J connectivity index is 1.52. The minimum absolute atomic E-state index is 0.133. The summed E-state index contributed by atoms with van der Waals surface area (Å²) in [6.45, 7) is 3.84. The number of anilines is 1. The molecule has 0 bridgehead atoms. The summed E-state index contributed by atoms with van der Waals surface area (Å²) in [6, 6.07) is 14.8. The number of amides is 1. The number of nitrogens with one attached hydrogen (secondary N) is 2. The first-order chi connectivity index (χ1) is 11.2. The minimum atomic E-state index is 0.133. The summed E-state index contributed by atoms with van der Waals surface area (Å²) < 4.78 is 0. The normalized spacial score (nSPS) is 13.3. The average Bonchev–Trinajstić information content (AvgIpc) is 3.18. The van der Waals surface area contributed by atoms with Gasteiger partial charge in [0.1, 0.15) is 0 Å². The molecule has 0 spiro atoms. The summed E-state index contributed by atoms with van der Waals surface area (Å²) in [5.41, 5.74) is 6.01. The first-order valence-electron chi connectivity index (χ1n) is 7.87. The molecule has 0 aliphatic carbocycles. The largest absolute Gasteiger partial charge is 0.381 e. The third-order valence-corrected chi connectivity index (χ3v) is 4.53. The van der Waals surface area contributed by atoms with Crippen LogP contribution in [0.1, 0.15) is 23.6 Å². The van der Waals surface area contributed by atoms with Crippen LogP contribution in [0.5, 0.6) is 0 Å². The van der Waals surface area contributed by atoms with Gasteiger partial charge >= 0.3 is 0 Å². The fourth-order valence-corrected chi connectivity index (χ4v) is 3.22. The second-order valence-electron chi connectivity index (χ2n) is 6.07. The molecule has 1 amide bonds. The molecule has 0 fully saturated rings. The van der Waals surface area contributed by atoms with E-state index in [1.807, 2.05) is 11.1 Å². The lowest BCUT2D eigenvalue weighted by molar-refractivity contribution is -0.129. The van der Waals surface area contributed by atoms with Crippen molar-refractivity contribution in [2.24, 2.45) is 0 Å². The molecular weight excluding hydrogens is 286 g/mol. The Kier molecular flexibility index (Phi) is 3.30. The first kappa shape index (κ1) is 13.9. The van der Waals surface area contributed by atoms with Gasteiger partial charge in [-0.25, -0.2) is 0 Å². The molecule has 0 radical (unpaired) electrons. The van der Waals surface area contributed by atoms with Crippen LogP contribution < -0.4 is 5.32 Å². The van der Waals surface area contributed by atoms with Crippen LogP contribution in [0.15, 0.2) is 48.7 Å². The molecule has 1 aliphatic rings. The molecule has 23 heavy (non-hydrogen) atoms. The zero-order chi connectivity index (χ0) is 15.8. The number of para-hydroxylation sites is 1. The van der Waals surface area contributed by atoms with E-state index < -0.39 is 0 Å². The van der Waals surface area contributed by atoms with Crippen LogP contribution in [0.4, 0.5) is 5.69 Å². The molecule has 0 saturated heterocycles. The molecule has 2 N–H and O–H groups in total. The topological polar surface area (TPSA) is 48.1 Å². The first-order valence-corrected chi connectivity index (χ1v) is 7.87. The van der Waals surface area contributed by atoms with Crippen molar-refractivity contribution in [3.8, 4) is 0 Å². The van der Waals surface area contributed by atoms with Gasteiger partial charge in [-0.3, -0.25) is 4.79 Å². The predicted octanol–water partition coefficient (Wildman–Crippen LogP) is 3.64. The van der Waals surface area contributed by atoms with Crippen molar-refractivity contribution in [1.29, 1.82) is 0 Å². The number of rotatable bonds is 3. The lowest BCUT2D eigenvalue weighted by Gasteiger charge is -2.11. The van der Waals surface area contributed by atoms with E-state index in [-0.39, 0.29) is 5.91 Å². The van der Waals surface area contributed by atoms with Crippen LogP contribution in [0.2, 0.25) is 0 Å². The molecule has 1 aliphatic heterocycles. The Morgan fingerprint density at radius 3 is 2.91 bits per heavy atom. The number of carbonyl (C=O) groups excluding carboxylic acids is 1. The molecule has 4 nitrogen and oxygen atoms in total. The zero-order valence-electron chi connectivity index (χ0n) is 13.1. The number of aromatic nitrogens is 1. The molecule has 0 atom stereocenters. The van der Waals surface area contributed by atoms with Crippen LogP contribution >= 0.6 is 0 Å². The second-order valence-corrected chi connectivity index (χ2v) is 6.07. The van der Waals surface area contributed by atoms with Gasteiger partial charge in [-0.15, -0.1) is 0 Å². The van der Waals surface area contributed by atoms with E-state index in [9.17, 15) is 4.79 Å². The van der Waals surface area contributed by atoms with Gasteiger partial charge in [0, 0.05) is 38.4 Å². The van der Waals surface area contributed by atoms with Crippen molar-refractivity contribution in [2.75, 3.05) is 5.32 Å². The van der Waals surface area contributed by atoms with E-state index in [4.69, 9.17) is 0 Å². The van der Waals surface area contributed by atoms with Gasteiger partial charge in [0.2, 0.25) is 5.91 Å². The summed E-state index contributed by atoms with van der Waals surface area (Å²) >= 11 is 0. The van der Waals surface area contributed by atoms with E-state index in [1.165, 1.54) is 27.6 Å². The number of benzene rings is 2. The summed E-state index contributed by atoms with van der Waals surface area (Å²) in [5, 5.41) is 4.73. The Bertz CT molecular complexity index is 881. The Labute approximate surface area is 135 Å². The fourth-order valence-electron chi connectivity index (χ4n) is 3.22. The number of carbonyl (C=O) groups is 1. The highest BCUT2D eigenvalue weighted by Gasteiger charge is 2.20. The third-order valence-electron chi connectivity index (χ3n) is 4.53. The van der Waals surface area contributed by atoms with Gasteiger partial charge in [-0.2, -0.15) is 0 Å². The van der Waals surface area contributed by atoms with Gasteiger partial charge in [0.15, 0.2) is 0 Å². The molecule has 1 aromatic heterocycles. The number of aromatic amines is 1. The van der Waals surface area contributed by atoms with E-state index in [2.05, 4.69) is 52.8 Å². The number of hydrogen-bond donors (Lipinski definition) is 2. The van der Waals surface area contributed by atoms with Crippen molar-refractivity contribution in [1.82, 2.24) is 9.88 Å². The second kappa shape index (κ2) is 5.47. The van der Waals surface area contributed by atoms with Crippen LogP contribution in [0.25, 0.3) is 10.9 Å². The Hall–Kier alpha value is -2.75. The third kappa shape index (κ3) is 2.57. The van der Waals surface area contributed by atoms with Crippen molar-refractivity contribution >= 4 is 22.5 Å². The summed E-state index contributed by atoms with van der Waals surface area (Å²) in [5.74, 6) is 0.133. The summed E-state index contributed by atoms with van der Waals surface area (Å²) in [6.07, 6.45) is 1.97. The Morgan fingerprint density at radius 1 is 1.17 bits per heavy atom. The van der Waals surface area contributed by atoms with Crippen molar-refractivity contribution < 1.29 is 4.79 Å². The van der Waals surface area contributed by atoms with Gasteiger partial charge < -0.3 is 15.2 Å². The van der Waals surface area contributed by atoms with Gasteiger partial charge in [-0.05, 0) is 40.3 Å². The highest BCUT2D eigenvalue weighted by atomic mass is 16.2. The monoisotopic (exact) mass is 305 g/mol. The average molecular weight is 305 g/mol. The lowest BCUT2D eigenvalue weighted by atomic mass is 10.1. The molecule has 0 saturated carbocycles. The predicted molar refractivity (Wildman–Crippen MR) is 92.0 cm³/mol. The maximum Gasteiger partial charge on any atom is 0.220 e. The van der Waals surface area contributed by atoms with E-state index >= 15 is 0 Å². The molecule has 4 rings (SSSR count). The number of hydrogen-bond acceptors (Lipinski definition) is 2. The van der Waals surface area contributed by atoms with E-state index in [1.54, 1.807) is 6.92 Å². The summed E-state index contributed by atoms with van der Waals surface area (Å²) in [7, 11) is 0. The van der Waals surface area contributed by atoms with Gasteiger partial charge in [0.25, 0.3) is 0 Å². The van der Waals surface area contributed by atoms with Crippen molar-refractivity contribution in [3.05, 3.63) is 65.4 Å². The van der Waals surface area contributed by atoms with Crippen LogP contribution in [0.3, 0.4) is 0 Å².